The van der Waals surface area contributed by atoms with Gasteiger partial charge in [0.15, 0.2) is 0 Å². The van der Waals surface area contributed by atoms with E-state index < -0.39 is 5.97 Å². The van der Waals surface area contributed by atoms with Crippen molar-refractivity contribution >= 4 is 92.1 Å². The molecule has 10 rings (SSSR count). The Hall–Kier alpha value is -6.45. The van der Waals surface area contributed by atoms with E-state index in [1.54, 1.807) is 6.07 Å². The maximum absolute atomic E-state index is 11.7. The molecule has 0 fully saturated rings. The maximum Gasteiger partial charge on any atom is 0.335 e. The molecule has 0 amide bonds. The Morgan fingerprint density at radius 1 is 0.354 bits per heavy atom. The van der Waals surface area contributed by atoms with E-state index in [2.05, 4.69) is 115 Å². The average molecular weight is 615 g/mol. The Kier molecular flexibility index (Phi) is 5.45. The fraction of sp³-hybridized carbons (Fsp3) is 0. The SMILES string of the molecule is O=C(O)c1ccc(O)c(-c2cccc3cc4cc5cc6ccc7cc8cc9cc%10ccccc%10cc9cc8cc7c6cc5cc4cc23)c1. The van der Waals surface area contributed by atoms with Gasteiger partial charge in [-0.25, -0.2) is 4.79 Å². The lowest BCUT2D eigenvalue weighted by atomic mass is 9.91. The van der Waals surface area contributed by atoms with Crippen LogP contribution in [0.4, 0.5) is 0 Å². The highest BCUT2D eigenvalue weighted by Crippen LogP contribution is 2.39. The van der Waals surface area contributed by atoms with Crippen molar-refractivity contribution in [3.8, 4) is 16.9 Å². The van der Waals surface area contributed by atoms with Crippen LogP contribution in [-0.4, -0.2) is 16.2 Å². The van der Waals surface area contributed by atoms with Crippen molar-refractivity contribution in [3.63, 3.8) is 0 Å². The van der Waals surface area contributed by atoms with Crippen LogP contribution < -0.4 is 0 Å². The van der Waals surface area contributed by atoms with Crippen molar-refractivity contribution in [1.29, 1.82) is 0 Å². The summed E-state index contributed by atoms with van der Waals surface area (Å²) in [6.45, 7) is 0. The predicted octanol–water partition coefficient (Wildman–Crippen LogP) is 12.0. The van der Waals surface area contributed by atoms with Gasteiger partial charge in [-0.3, -0.25) is 0 Å². The van der Waals surface area contributed by atoms with Crippen molar-refractivity contribution in [2.75, 3.05) is 0 Å². The zero-order valence-corrected chi connectivity index (χ0v) is 25.7. The van der Waals surface area contributed by atoms with Crippen molar-refractivity contribution < 1.29 is 15.0 Å². The Bertz CT molecular complexity index is 3050. The highest BCUT2D eigenvalue weighted by atomic mass is 16.4. The number of aromatic carboxylic acids is 1. The van der Waals surface area contributed by atoms with Crippen LogP contribution in [0.2, 0.25) is 0 Å². The van der Waals surface area contributed by atoms with Gasteiger partial charge in [0.2, 0.25) is 0 Å². The van der Waals surface area contributed by atoms with E-state index in [0.29, 0.717) is 5.56 Å². The molecule has 0 aliphatic carbocycles. The lowest BCUT2D eigenvalue weighted by molar-refractivity contribution is 0.0697. The van der Waals surface area contributed by atoms with Gasteiger partial charge in [0.25, 0.3) is 0 Å². The summed E-state index contributed by atoms with van der Waals surface area (Å²) >= 11 is 0. The second-order valence-electron chi connectivity index (χ2n) is 12.9. The average Bonchev–Trinajstić information content (AvgIpc) is 3.09. The third-order valence-electron chi connectivity index (χ3n) is 10.1. The first-order valence-corrected chi connectivity index (χ1v) is 16.0. The van der Waals surface area contributed by atoms with Gasteiger partial charge in [-0.15, -0.1) is 0 Å². The summed E-state index contributed by atoms with van der Waals surface area (Å²) in [5, 5.41) is 39.2. The van der Waals surface area contributed by atoms with Crippen LogP contribution in [0.3, 0.4) is 0 Å². The molecule has 0 atom stereocenters. The fourth-order valence-electron chi connectivity index (χ4n) is 7.65. The number of carboxylic acids is 1. The van der Waals surface area contributed by atoms with E-state index in [9.17, 15) is 15.0 Å². The van der Waals surface area contributed by atoms with Gasteiger partial charge in [0.05, 0.1) is 5.56 Å². The molecule has 10 aromatic rings. The van der Waals surface area contributed by atoms with E-state index >= 15 is 0 Å². The van der Waals surface area contributed by atoms with Crippen LogP contribution in [-0.2, 0) is 0 Å². The molecule has 224 valence electrons. The number of fused-ring (bicyclic) bond motifs is 9. The number of rotatable bonds is 2. The minimum Gasteiger partial charge on any atom is -0.507 e. The molecule has 0 aromatic heterocycles. The van der Waals surface area contributed by atoms with Crippen molar-refractivity contribution in [3.05, 3.63) is 151 Å². The standard InChI is InChI=1S/C45H26O3/c46-44-11-10-30(45(47)48)21-43(44)39-7-3-6-27-14-33-18-35-16-29-9-8-28-15-34-17-31-12-25-4-1-2-5-26(25)13-32(31)19-36(34)23-41(28)42(29)24-38(35)20-37(33)22-40(27)39/h1-24,46H,(H,47,48). The number of phenolic OH excluding ortho intramolecular Hbond substituents is 1. The smallest absolute Gasteiger partial charge is 0.335 e. The molecular formula is C45H26O3. The van der Waals surface area contributed by atoms with Gasteiger partial charge in [-0.05, 0) is 183 Å². The minimum absolute atomic E-state index is 0.0540. The van der Waals surface area contributed by atoms with Crippen molar-refractivity contribution in [1.82, 2.24) is 0 Å². The molecule has 0 aliphatic rings. The van der Waals surface area contributed by atoms with Gasteiger partial charge in [-0.1, -0.05) is 54.6 Å². The topological polar surface area (TPSA) is 57.5 Å². The van der Waals surface area contributed by atoms with E-state index in [1.807, 2.05) is 12.1 Å². The third kappa shape index (κ3) is 4.04. The number of aromatic hydroxyl groups is 1. The zero-order valence-electron chi connectivity index (χ0n) is 25.7. The molecule has 0 saturated heterocycles. The largest absolute Gasteiger partial charge is 0.507 e. The number of phenols is 1. The summed E-state index contributed by atoms with van der Waals surface area (Å²) in [6, 6.07) is 50.6. The minimum atomic E-state index is -1.02. The first kappa shape index (κ1) is 26.7. The fourth-order valence-corrected chi connectivity index (χ4v) is 7.65. The maximum atomic E-state index is 11.7. The normalized spacial score (nSPS) is 12.0. The van der Waals surface area contributed by atoms with E-state index in [1.165, 1.54) is 71.4 Å². The summed E-state index contributed by atoms with van der Waals surface area (Å²) in [5.74, 6) is -0.971. The second kappa shape index (κ2) is 9.78. The van der Waals surface area contributed by atoms with Gasteiger partial charge >= 0.3 is 5.97 Å². The number of benzene rings is 10. The number of carbonyl (C=O) groups is 1. The molecule has 0 unspecified atom stereocenters. The first-order valence-electron chi connectivity index (χ1n) is 16.0. The zero-order chi connectivity index (χ0) is 32.1. The molecular weight excluding hydrogens is 588 g/mol. The molecule has 0 heterocycles. The molecule has 10 aromatic carbocycles. The van der Waals surface area contributed by atoms with Crippen LogP contribution in [0.25, 0.3) is 97.3 Å². The molecule has 0 aliphatic heterocycles. The monoisotopic (exact) mass is 614 g/mol. The van der Waals surface area contributed by atoms with E-state index in [-0.39, 0.29) is 11.3 Å². The van der Waals surface area contributed by atoms with Crippen molar-refractivity contribution in [2.45, 2.75) is 0 Å². The summed E-state index contributed by atoms with van der Waals surface area (Å²) in [5.41, 5.74) is 1.44. The lowest BCUT2D eigenvalue weighted by Crippen LogP contribution is -1.96. The van der Waals surface area contributed by atoms with Gasteiger partial charge in [-0.2, -0.15) is 0 Å². The van der Waals surface area contributed by atoms with Crippen LogP contribution in [0, 0.1) is 0 Å². The summed E-state index contributed by atoms with van der Waals surface area (Å²) in [4.78, 5) is 11.7. The summed E-state index contributed by atoms with van der Waals surface area (Å²) in [7, 11) is 0. The number of carboxylic acid groups (broad SMARTS) is 1. The van der Waals surface area contributed by atoms with Gasteiger partial charge in [0.1, 0.15) is 5.75 Å². The van der Waals surface area contributed by atoms with Crippen LogP contribution in [0.15, 0.2) is 146 Å². The van der Waals surface area contributed by atoms with Crippen LogP contribution in [0.1, 0.15) is 10.4 Å². The molecule has 0 spiro atoms. The molecule has 0 bridgehead atoms. The molecule has 2 N–H and O–H groups in total. The predicted molar refractivity (Wildman–Crippen MR) is 201 cm³/mol. The van der Waals surface area contributed by atoms with E-state index in [4.69, 9.17) is 0 Å². The van der Waals surface area contributed by atoms with Crippen LogP contribution in [0.5, 0.6) is 5.75 Å². The summed E-state index contributed by atoms with van der Waals surface area (Å²) < 4.78 is 0. The second-order valence-corrected chi connectivity index (χ2v) is 12.9. The summed E-state index contributed by atoms with van der Waals surface area (Å²) in [6.07, 6.45) is 0. The highest BCUT2D eigenvalue weighted by Gasteiger charge is 2.14. The Labute approximate surface area is 274 Å². The molecule has 0 radical (unpaired) electrons. The number of hydrogen-bond acceptors (Lipinski definition) is 2. The Balaban J connectivity index is 1.18. The first-order chi connectivity index (χ1) is 23.4. The van der Waals surface area contributed by atoms with Crippen molar-refractivity contribution in [2.24, 2.45) is 0 Å². The number of hydrogen-bond donors (Lipinski definition) is 2. The Morgan fingerprint density at radius 3 is 1.29 bits per heavy atom. The molecule has 3 heteroatoms. The van der Waals surface area contributed by atoms with E-state index in [0.717, 1.165) is 32.5 Å². The molecule has 48 heavy (non-hydrogen) atoms. The van der Waals surface area contributed by atoms with Gasteiger partial charge in [0, 0.05) is 5.56 Å². The Morgan fingerprint density at radius 2 is 0.771 bits per heavy atom. The quantitative estimate of drug-likeness (QED) is 0.150. The highest BCUT2D eigenvalue weighted by molar-refractivity contribution is 6.18. The molecule has 3 nitrogen and oxygen atoms in total. The molecule has 0 saturated carbocycles. The lowest BCUT2D eigenvalue weighted by Gasteiger charge is -2.13. The van der Waals surface area contributed by atoms with Gasteiger partial charge < -0.3 is 10.2 Å². The van der Waals surface area contributed by atoms with Crippen LogP contribution >= 0.6 is 0 Å². The third-order valence-corrected chi connectivity index (χ3v) is 10.1.